The lowest BCUT2D eigenvalue weighted by molar-refractivity contribution is 0.534. The average molecular weight is 270 g/mol. The van der Waals surface area contributed by atoms with Crippen LogP contribution in [0.25, 0.3) is 0 Å². The van der Waals surface area contributed by atoms with Crippen LogP contribution in [0.4, 0.5) is 5.69 Å². The van der Waals surface area contributed by atoms with Crippen LogP contribution in [0.3, 0.4) is 0 Å². The zero-order chi connectivity index (χ0) is 13.1. The summed E-state index contributed by atoms with van der Waals surface area (Å²) >= 11 is 6.03. The summed E-state index contributed by atoms with van der Waals surface area (Å²) in [6, 6.07) is 0. The molecule has 5 heteroatoms. The first-order valence-electron chi connectivity index (χ1n) is 6.57. The van der Waals surface area contributed by atoms with E-state index in [-0.39, 0.29) is 5.56 Å². The van der Waals surface area contributed by atoms with Gasteiger partial charge in [0.15, 0.2) is 0 Å². The zero-order valence-electron chi connectivity index (χ0n) is 10.9. The minimum atomic E-state index is -0.0989. The Bertz CT molecular complexity index is 466. The Kier molecular flexibility index (Phi) is 4.27. The maximum Gasteiger partial charge on any atom is 0.291 e. The molecule has 0 radical (unpaired) electrons. The van der Waals surface area contributed by atoms with Crippen LogP contribution in [0.5, 0.6) is 0 Å². The second-order valence-corrected chi connectivity index (χ2v) is 5.81. The van der Waals surface area contributed by atoms with E-state index in [0.717, 1.165) is 19.5 Å². The van der Waals surface area contributed by atoms with Gasteiger partial charge in [0.1, 0.15) is 5.69 Å². The van der Waals surface area contributed by atoms with Gasteiger partial charge < -0.3 is 5.32 Å². The molecule has 0 saturated heterocycles. The van der Waals surface area contributed by atoms with Crippen LogP contribution >= 0.6 is 11.6 Å². The quantitative estimate of drug-likeness (QED) is 0.864. The second-order valence-electron chi connectivity index (χ2n) is 5.41. The molecule has 0 atom stereocenters. The van der Waals surface area contributed by atoms with Gasteiger partial charge in [0.05, 0.1) is 11.2 Å². The van der Waals surface area contributed by atoms with Crippen molar-refractivity contribution in [2.45, 2.75) is 39.7 Å². The number of aromatic nitrogens is 2. The molecule has 1 saturated carbocycles. The van der Waals surface area contributed by atoms with E-state index in [9.17, 15) is 4.79 Å². The van der Waals surface area contributed by atoms with Crippen LogP contribution < -0.4 is 10.9 Å². The Labute approximate surface area is 112 Å². The van der Waals surface area contributed by atoms with Crippen molar-refractivity contribution < 1.29 is 0 Å². The smallest absolute Gasteiger partial charge is 0.291 e. The molecule has 1 N–H and O–H groups in total. The van der Waals surface area contributed by atoms with Gasteiger partial charge in [-0.15, -0.1) is 0 Å². The fourth-order valence-electron chi connectivity index (χ4n) is 1.79. The van der Waals surface area contributed by atoms with Crippen molar-refractivity contribution in [2.75, 3.05) is 11.9 Å². The van der Waals surface area contributed by atoms with E-state index in [4.69, 9.17) is 11.6 Å². The number of halogens is 1. The maximum atomic E-state index is 12.2. The first-order chi connectivity index (χ1) is 8.58. The first-order valence-corrected chi connectivity index (χ1v) is 6.95. The van der Waals surface area contributed by atoms with Crippen LogP contribution in [0.2, 0.25) is 5.02 Å². The van der Waals surface area contributed by atoms with Crippen LogP contribution in [-0.2, 0) is 6.54 Å². The molecule has 0 unspecified atom stereocenters. The van der Waals surface area contributed by atoms with Gasteiger partial charge in [-0.2, -0.15) is 5.10 Å². The highest BCUT2D eigenvalue weighted by Gasteiger charge is 2.23. The van der Waals surface area contributed by atoms with Crippen molar-refractivity contribution in [3.63, 3.8) is 0 Å². The third-order valence-corrected chi connectivity index (χ3v) is 3.44. The van der Waals surface area contributed by atoms with E-state index in [0.29, 0.717) is 22.5 Å². The monoisotopic (exact) mass is 269 g/mol. The van der Waals surface area contributed by atoms with Gasteiger partial charge in [0, 0.05) is 13.1 Å². The molecule has 1 fully saturated rings. The predicted octanol–water partition coefficient (Wildman–Crippen LogP) is 2.76. The number of hydrogen-bond donors (Lipinski definition) is 1. The summed E-state index contributed by atoms with van der Waals surface area (Å²) in [5.41, 5.74) is 0.395. The predicted molar refractivity (Wildman–Crippen MR) is 74.2 cm³/mol. The molecule has 1 heterocycles. The molecule has 1 aliphatic carbocycles. The molecule has 18 heavy (non-hydrogen) atoms. The Hall–Kier alpha value is -1.03. The van der Waals surface area contributed by atoms with Crippen LogP contribution in [0.15, 0.2) is 11.0 Å². The topological polar surface area (TPSA) is 46.9 Å². The third kappa shape index (κ3) is 3.48. The molecule has 0 bridgehead atoms. The van der Waals surface area contributed by atoms with E-state index in [1.54, 1.807) is 6.20 Å². The van der Waals surface area contributed by atoms with Crippen molar-refractivity contribution in [1.82, 2.24) is 9.78 Å². The zero-order valence-corrected chi connectivity index (χ0v) is 11.7. The molecular weight excluding hydrogens is 250 g/mol. The van der Waals surface area contributed by atoms with Crippen molar-refractivity contribution in [2.24, 2.45) is 11.8 Å². The van der Waals surface area contributed by atoms with Crippen LogP contribution in [-0.4, -0.2) is 16.3 Å². The summed E-state index contributed by atoms with van der Waals surface area (Å²) in [4.78, 5) is 12.2. The standard InChI is InChI=1S/C13H20ClN3O/c1-9(2)5-6-15-12-11(14)7-16-17(13(12)18)8-10-3-4-10/h7,9-10,15H,3-6,8H2,1-2H3. The van der Waals surface area contributed by atoms with Crippen molar-refractivity contribution in [1.29, 1.82) is 0 Å². The minimum Gasteiger partial charge on any atom is -0.379 e. The summed E-state index contributed by atoms with van der Waals surface area (Å²) in [5.74, 6) is 1.23. The highest BCUT2D eigenvalue weighted by Crippen LogP contribution is 2.30. The molecule has 100 valence electrons. The number of anilines is 1. The van der Waals surface area contributed by atoms with Gasteiger partial charge in [-0.1, -0.05) is 25.4 Å². The lowest BCUT2D eigenvalue weighted by Gasteiger charge is -2.11. The second kappa shape index (κ2) is 5.74. The Morgan fingerprint density at radius 2 is 2.28 bits per heavy atom. The number of nitrogens with one attached hydrogen (secondary N) is 1. The first kappa shape index (κ1) is 13.4. The van der Waals surface area contributed by atoms with Crippen LogP contribution in [0, 0.1) is 11.8 Å². The number of hydrogen-bond acceptors (Lipinski definition) is 3. The van der Waals surface area contributed by atoms with Gasteiger partial charge in [0.2, 0.25) is 0 Å². The maximum absolute atomic E-state index is 12.2. The van der Waals surface area contributed by atoms with Crippen molar-refractivity contribution >= 4 is 17.3 Å². The van der Waals surface area contributed by atoms with Gasteiger partial charge in [-0.25, -0.2) is 4.68 Å². The summed E-state index contributed by atoms with van der Waals surface area (Å²) in [7, 11) is 0. The summed E-state index contributed by atoms with van der Waals surface area (Å²) < 4.78 is 1.53. The molecule has 2 rings (SSSR count). The summed E-state index contributed by atoms with van der Waals surface area (Å²) in [5, 5.41) is 7.65. The third-order valence-electron chi connectivity index (χ3n) is 3.15. The van der Waals surface area contributed by atoms with Crippen molar-refractivity contribution in [3.8, 4) is 0 Å². The Balaban J connectivity index is 2.09. The van der Waals surface area contributed by atoms with E-state index < -0.39 is 0 Å². The lowest BCUT2D eigenvalue weighted by Crippen LogP contribution is -2.27. The molecule has 0 aromatic carbocycles. The number of rotatable bonds is 6. The Morgan fingerprint density at radius 1 is 1.56 bits per heavy atom. The molecule has 4 nitrogen and oxygen atoms in total. The molecule has 1 aliphatic rings. The summed E-state index contributed by atoms with van der Waals surface area (Å²) in [6.45, 7) is 5.79. The minimum absolute atomic E-state index is 0.0989. The molecule has 0 spiro atoms. The van der Waals surface area contributed by atoms with E-state index in [2.05, 4.69) is 24.3 Å². The van der Waals surface area contributed by atoms with E-state index in [1.165, 1.54) is 17.5 Å². The van der Waals surface area contributed by atoms with Gasteiger partial charge in [0.25, 0.3) is 5.56 Å². The number of nitrogens with zero attached hydrogens (tertiary/aromatic N) is 2. The normalized spacial score (nSPS) is 15.1. The van der Waals surface area contributed by atoms with Gasteiger partial charge in [-0.05, 0) is 31.1 Å². The molecule has 1 aromatic rings. The fourth-order valence-corrected chi connectivity index (χ4v) is 1.98. The fraction of sp³-hybridized carbons (Fsp3) is 0.692. The van der Waals surface area contributed by atoms with Gasteiger partial charge >= 0.3 is 0 Å². The van der Waals surface area contributed by atoms with Crippen LogP contribution in [0.1, 0.15) is 33.1 Å². The highest BCUT2D eigenvalue weighted by molar-refractivity contribution is 6.32. The SMILES string of the molecule is CC(C)CCNc1c(Cl)cnn(CC2CC2)c1=O. The average Bonchev–Trinajstić information content (AvgIpc) is 3.10. The van der Waals surface area contributed by atoms with E-state index >= 15 is 0 Å². The Morgan fingerprint density at radius 3 is 2.89 bits per heavy atom. The molecular formula is C13H20ClN3O. The lowest BCUT2D eigenvalue weighted by atomic mass is 10.1. The molecule has 0 amide bonds. The largest absolute Gasteiger partial charge is 0.379 e. The summed E-state index contributed by atoms with van der Waals surface area (Å²) in [6.07, 6.45) is 4.98. The van der Waals surface area contributed by atoms with Crippen molar-refractivity contribution in [3.05, 3.63) is 21.6 Å². The van der Waals surface area contributed by atoms with Gasteiger partial charge in [-0.3, -0.25) is 4.79 Å². The molecule has 1 aromatic heterocycles. The highest BCUT2D eigenvalue weighted by atomic mass is 35.5. The molecule has 0 aliphatic heterocycles. The van der Waals surface area contributed by atoms with E-state index in [1.807, 2.05) is 0 Å².